The van der Waals surface area contributed by atoms with E-state index in [4.69, 9.17) is 5.73 Å². The minimum atomic E-state index is -0.341. The number of hydrogen-bond acceptors (Lipinski definition) is 3. The van der Waals surface area contributed by atoms with Gasteiger partial charge in [-0.05, 0) is 17.7 Å². The quantitative estimate of drug-likeness (QED) is 0.650. The van der Waals surface area contributed by atoms with E-state index >= 15 is 0 Å². The standard InChI is InChI=1S/C11H14FN3O/c1-14-11(16)10(13)7-15-6-8-2-4-9(12)5-3-8/h2-5,7,15H,6,13H2,1H3,(H,14,16)/b10-7-. The second kappa shape index (κ2) is 5.75. The van der Waals surface area contributed by atoms with E-state index in [0.29, 0.717) is 6.54 Å². The summed E-state index contributed by atoms with van der Waals surface area (Å²) in [5, 5.41) is 5.26. The van der Waals surface area contributed by atoms with Gasteiger partial charge in [-0.1, -0.05) is 12.1 Å². The third kappa shape index (κ3) is 3.61. The first-order chi connectivity index (χ1) is 7.63. The van der Waals surface area contributed by atoms with Crippen LogP contribution in [0, 0.1) is 5.82 Å². The highest BCUT2D eigenvalue weighted by Crippen LogP contribution is 2.01. The number of hydrogen-bond donors (Lipinski definition) is 3. The van der Waals surface area contributed by atoms with Crippen LogP contribution in [-0.4, -0.2) is 13.0 Å². The fourth-order valence-corrected chi connectivity index (χ4v) is 1.09. The smallest absolute Gasteiger partial charge is 0.268 e. The molecule has 4 N–H and O–H groups in total. The second-order valence-corrected chi connectivity index (χ2v) is 3.19. The van der Waals surface area contributed by atoms with Crippen LogP contribution in [0.25, 0.3) is 0 Å². The van der Waals surface area contributed by atoms with Crippen molar-refractivity contribution in [1.82, 2.24) is 10.6 Å². The molecule has 0 atom stereocenters. The van der Waals surface area contributed by atoms with Gasteiger partial charge in [0.2, 0.25) is 0 Å². The number of likely N-dealkylation sites (N-methyl/N-ethyl adjacent to an activating group) is 1. The molecule has 1 aromatic rings. The number of nitrogens with two attached hydrogens (primary N) is 1. The Morgan fingerprint density at radius 3 is 2.62 bits per heavy atom. The number of amides is 1. The average Bonchev–Trinajstić information content (AvgIpc) is 2.30. The molecule has 1 rings (SSSR count). The highest BCUT2D eigenvalue weighted by Gasteiger charge is 1.99. The predicted octanol–water partition coefficient (Wildman–Crippen LogP) is 0.461. The van der Waals surface area contributed by atoms with Crippen molar-refractivity contribution in [2.24, 2.45) is 5.73 Å². The molecule has 0 bridgehead atoms. The minimum Gasteiger partial charge on any atom is -0.393 e. The Morgan fingerprint density at radius 1 is 1.44 bits per heavy atom. The summed E-state index contributed by atoms with van der Waals surface area (Å²) in [5.41, 5.74) is 6.45. The Balaban J connectivity index is 2.46. The molecule has 0 aromatic heterocycles. The lowest BCUT2D eigenvalue weighted by Gasteiger charge is -2.03. The molecule has 0 saturated heterocycles. The van der Waals surface area contributed by atoms with Crippen LogP contribution in [0.5, 0.6) is 0 Å². The summed E-state index contributed by atoms with van der Waals surface area (Å²) in [6, 6.07) is 6.07. The van der Waals surface area contributed by atoms with Gasteiger partial charge in [-0.3, -0.25) is 4.79 Å². The molecule has 0 saturated carbocycles. The van der Waals surface area contributed by atoms with Crippen molar-refractivity contribution in [2.75, 3.05) is 7.05 Å². The first-order valence-electron chi connectivity index (χ1n) is 4.79. The van der Waals surface area contributed by atoms with E-state index in [1.807, 2.05) is 0 Å². The molecular weight excluding hydrogens is 209 g/mol. The summed E-state index contributed by atoms with van der Waals surface area (Å²) in [5.74, 6) is -0.615. The van der Waals surface area contributed by atoms with Gasteiger partial charge in [0.15, 0.2) is 0 Å². The maximum absolute atomic E-state index is 12.6. The monoisotopic (exact) mass is 223 g/mol. The molecule has 4 nitrogen and oxygen atoms in total. The molecule has 0 radical (unpaired) electrons. The minimum absolute atomic E-state index is 0.101. The average molecular weight is 223 g/mol. The van der Waals surface area contributed by atoms with E-state index in [1.54, 1.807) is 12.1 Å². The molecule has 0 fully saturated rings. The van der Waals surface area contributed by atoms with Crippen LogP contribution >= 0.6 is 0 Å². The van der Waals surface area contributed by atoms with E-state index in [9.17, 15) is 9.18 Å². The third-order valence-electron chi connectivity index (χ3n) is 1.97. The molecule has 1 amide bonds. The van der Waals surface area contributed by atoms with Gasteiger partial charge in [0.05, 0.1) is 0 Å². The number of benzene rings is 1. The third-order valence-corrected chi connectivity index (χ3v) is 1.97. The topological polar surface area (TPSA) is 67.2 Å². The van der Waals surface area contributed by atoms with Crippen LogP contribution in [0.3, 0.4) is 0 Å². The van der Waals surface area contributed by atoms with E-state index < -0.39 is 0 Å². The van der Waals surface area contributed by atoms with E-state index in [2.05, 4.69) is 10.6 Å². The molecule has 0 unspecified atom stereocenters. The molecule has 0 aliphatic carbocycles. The normalized spacial score (nSPS) is 11.0. The van der Waals surface area contributed by atoms with Crippen LogP contribution in [0.1, 0.15) is 5.56 Å². The number of carbonyl (C=O) groups is 1. The molecular formula is C11H14FN3O. The van der Waals surface area contributed by atoms with Gasteiger partial charge in [0.25, 0.3) is 5.91 Å². The Labute approximate surface area is 93.3 Å². The van der Waals surface area contributed by atoms with Gasteiger partial charge >= 0.3 is 0 Å². The Morgan fingerprint density at radius 2 is 2.06 bits per heavy atom. The molecule has 16 heavy (non-hydrogen) atoms. The lowest BCUT2D eigenvalue weighted by atomic mass is 10.2. The van der Waals surface area contributed by atoms with Crippen molar-refractivity contribution in [3.05, 3.63) is 47.5 Å². The van der Waals surface area contributed by atoms with Gasteiger partial charge in [-0.2, -0.15) is 0 Å². The van der Waals surface area contributed by atoms with Gasteiger partial charge in [0.1, 0.15) is 11.5 Å². The summed E-state index contributed by atoms with van der Waals surface area (Å²) in [4.78, 5) is 11.0. The highest BCUT2D eigenvalue weighted by atomic mass is 19.1. The summed E-state index contributed by atoms with van der Waals surface area (Å²) >= 11 is 0. The zero-order valence-electron chi connectivity index (χ0n) is 8.96. The summed E-state index contributed by atoms with van der Waals surface area (Å²) < 4.78 is 12.6. The number of halogens is 1. The summed E-state index contributed by atoms with van der Waals surface area (Å²) in [7, 11) is 1.50. The number of nitrogens with one attached hydrogen (secondary N) is 2. The van der Waals surface area contributed by atoms with Gasteiger partial charge < -0.3 is 16.4 Å². The maximum Gasteiger partial charge on any atom is 0.268 e. The Bertz CT molecular complexity index is 387. The van der Waals surface area contributed by atoms with Crippen molar-refractivity contribution in [2.45, 2.75) is 6.54 Å². The van der Waals surface area contributed by atoms with Crippen molar-refractivity contribution in [3.63, 3.8) is 0 Å². The Kier molecular flexibility index (Phi) is 4.32. The van der Waals surface area contributed by atoms with E-state index in [-0.39, 0.29) is 17.4 Å². The molecule has 0 heterocycles. The van der Waals surface area contributed by atoms with E-state index in [0.717, 1.165) is 5.56 Å². The fourth-order valence-electron chi connectivity index (χ4n) is 1.09. The molecule has 0 aliphatic heterocycles. The van der Waals surface area contributed by atoms with E-state index in [1.165, 1.54) is 25.4 Å². The van der Waals surface area contributed by atoms with Crippen LogP contribution in [-0.2, 0) is 11.3 Å². The summed E-state index contributed by atoms with van der Waals surface area (Å²) in [6.45, 7) is 0.484. The highest BCUT2D eigenvalue weighted by molar-refractivity contribution is 5.91. The second-order valence-electron chi connectivity index (χ2n) is 3.19. The zero-order chi connectivity index (χ0) is 12.0. The van der Waals surface area contributed by atoms with Crippen molar-refractivity contribution >= 4 is 5.91 Å². The lowest BCUT2D eigenvalue weighted by molar-refractivity contribution is -0.117. The van der Waals surface area contributed by atoms with Crippen LogP contribution in [0.2, 0.25) is 0 Å². The first kappa shape index (κ1) is 12.0. The van der Waals surface area contributed by atoms with Crippen molar-refractivity contribution in [3.8, 4) is 0 Å². The Hall–Kier alpha value is -2.04. The fraction of sp³-hybridized carbons (Fsp3) is 0.182. The van der Waals surface area contributed by atoms with Crippen molar-refractivity contribution < 1.29 is 9.18 Å². The summed E-state index contributed by atoms with van der Waals surface area (Å²) in [6.07, 6.45) is 1.42. The predicted molar refractivity (Wildman–Crippen MR) is 59.6 cm³/mol. The SMILES string of the molecule is CNC(=O)/C(N)=C/NCc1ccc(F)cc1. The van der Waals surface area contributed by atoms with Crippen LogP contribution < -0.4 is 16.4 Å². The first-order valence-corrected chi connectivity index (χ1v) is 4.79. The maximum atomic E-state index is 12.6. The molecule has 86 valence electrons. The molecule has 0 aliphatic rings. The molecule has 5 heteroatoms. The number of rotatable bonds is 4. The van der Waals surface area contributed by atoms with Gasteiger partial charge in [0, 0.05) is 19.8 Å². The largest absolute Gasteiger partial charge is 0.393 e. The lowest BCUT2D eigenvalue weighted by Crippen LogP contribution is -2.26. The molecule has 0 spiro atoms. The number of carbonyl (C=O) groups excluding carboxylic acids is 1. The van der Waals surface area contributed by atoms with Gasteiger partial charge in [-0.25, -0.2) is 4.39 Å². The van der Waals surface area contributed by atoms with Crippen LogP contribution in [0.15, 0.2) is 36.2 Å². The van der Waals surface area contributed by atoms with Crippen molar-refractivity contribution in [1.29, 1.82) is 0 Å². The van der Waals surface area contributed by atoms with Crippen LogP contribution in [0.4, 0.5) is 4.39 Å². The molecule has 1 aromatic carbocycles. The zero-order valence-corrected chi connectivity index (χ0v) is 8.96. The van der Waals surface area contributed by atoms with Gasteiger partial charge in [-0.15, -0.1) is 0 Å².